The fourth-order valence-corrected chi connectivity index (χ4v) is 3.11. The smallest absolute Gasteiger partial charge is 0.344 e. The number of carbonyl (C=O) groups excluding carboxylic acids is 2. The summed E-state index contributed by atoms with van der Waals surface area (Å²) in [6, 6.07) is 10.1. The van der Waals surface area contributed by atoms with Crippen molar-refractivity contribution in [1.82, 2.24) is 10.6 Å². The molecule has 5 N–H and O–H groups in total. The van der Waals surface area contributed by atoms with Crippen LogP contribution in [0.15, 0.2) is 51.7 Å². The quantitative estimate of drug-likeness (QED) is 0.228. The number of hydrogen-bond donors (Lipinski definition) is 4. The second-order valence-electron chi connectivity index (χ2n) is 6.77. The van der Waals surface area contributed by atoms with Crippen LogP contribution < -0.4 is 26.7 Å². The van der Waals surface area contributed by atoms with Crippen molar-refractivity contribution in [2.45, 2.75) is 18.9 Å². The van der Waals surface area contributed by atoms with Gasteiger partial charge in [-0.1, -0.05) is 18.2 Å². The Morgan fingerprint density at radius 3 is 2.55 bits per heavy atom. The minimum absolute atomic E-state index is 0.107. The molecule has 0 aliphatic heterocycles. The van der Waals surface area contributed by atoms with Crippen LogP contribution in [0.3, 0.4) is 0 Å². The van der Waals surface area contributed by atoms with Crippen molar-refractivity contribution in [2.24, 2.45) is 5.73 Å². The van der Waals surface area contributed by atoms with Crippen molar-refractivity contribution in [2.75, 3.05) is 13.2 Å². The zero-order chi connectivity index (χ0) is 22.4. The molecule has 0 bridgehead atoms. The molecule has 0 spiro atoms. The van der Waals surface area contributed by atoms with Crippen molar-refractivity contribution in [3.8, 4) is 5.75 Å². The number of hydrogen-bond acceptors (Lipinski definition) is 6. The molecule has 1 atom stereocenters. The summed E-state index contributed by atoms with van der Waals surface area (Å²) < 4.78 is 10.8. The van der Waals surface area contributed by atoms with Crippen molar-refractivity contribution in [1.29, 1.82) is 0 Å². The van der Waals surface area contributed by atoms with Crippen LogP contribution in [-0.4, -0.2) is 42.2 Å². The van der Waals surface area contributed by atoms with E-state index in [9.17, 15) is 24.3 Å². The largest absolute Gasteiger partial charge is 0.484 e. The molecule has 0 aliphatic carbocycles. The van der Waals surface area contributed by atoms with Gasteiger partial charge in [-0.3, -0.25) is 4.79 Å². The Morgan fingerprint density at radius 2 is 1.84 bits per heavy atom. The monoisotopic (exact) mass is 427 g/mol. The lowest BCUT2D eigenvalue weighted by Crippen LogP contribution is -2.43. The predicted molar refractivity (Wildman–Crippen MR) is 112 cm³/mol. The van der Waals surface area contributed by atoms with E-state index < -0.39 is 36.2 Å². The third-order valence-electron chi connectivity index (χ3n) is 4.56. The van der Waals surface area contributed by atoms with Gasteiger partial charge >= 0.3 is 17.6 Å². The molecule has 0 aliphatic rings. The van der Waals surface area contributed by atoms with E-state index >= 15 is 0 Å². The molecule has 3 aromatic rings. The van der Waals surface area contributed by atoms with Crippen LogP contribution in [0.1, 0.15) is 12.8 Å². The van der Waals surface area contributed by atoms with Crippen LogP contribution in [0.4, 0.5) is 4.79 Å². The molecule has 0 unspecified atom stereocenters. The predicted octanol–water partition coefficient (Wildman–Crippen LogP) is 1.34. The summed E-state index contributed by atoms with van der Waals surface area (Å²) in [4.78, 5) is 46.2. The number of nitrogens with two attached hydrogens (primary N) is 1. The van der Waals surface area contributed by atoms with Gasteiger partial charge in [0.05, 0.1) is 5.39 Å². The minimum atomic E-state index is -1.20. The summed E-state index contributed by atoms with van der Waals surface area (Å²) in [5.74, 6) is -1.54. The molecule has 0 saturated heterocycles. The van der Waals surface area contributed by atoms with E-state index in [-0.39, 0.29) is 13.0 Å². The van der Waals surface area contributed by atoms with Gasteiger partial charge in [0.25, 0.3) is 5.91 Å². The van der Waals surface area contributed by atoms with Crippen LogP contribution in [0.2, 0.25) is 0 Å². The molecule has 0 fully saturated rings. The van der Waals surface area contributed by atoms with Crippen molar-refractivity contribution >= 4 is 39.6 Å². The highest BCUT2D eigenvalue weighted by Crippen LogP contribution is 2.26. The average molecular weight is 427 g/mol. The lowest BCUT2D eigenvalue weighted by molar-refractivity contribution is -0.142. The number of urea groups is 1. The van der Waals surface area contributed by atoms with Crippen LogP contribution in [0.25, 0.3) is 21.7 Å². The number of benzene rings is 2. The molecule has 0 saturated carbocycles. The van der Waals surface area contributed by atoms with Gasteiger partial charge in [0.1, 0.15) is 17.4 Å². The Hall–Kier alpha value is -4.08. The maximum absolute atomic E-state index is 12.1. The highest BCUT2D eigenvalue weighted by atomic mass is 16.5. The summed E-state index contributed by atoms with van der Waals surface area (Å²) in [5.41, 5.74) is 4.77. The number of carbonyl (C=O) groups is 3. The summed E-state index contributed by atoms with van der Waals surface area (Å²) in [5, 5.41) is 15.9. The van der Waals surface area contributed by atoms with Gasteiger partial charge in [-0.25, -0.2) is 14.4 Å². The summed E-state index contributed by atoms with van der Waals surface area (Å²) in [6.45, 7) is -0.227. The van der Waals surface area contributed by atoms with Gasteiger partial charge < -0.3 is 30.6 Å². The normalized spacial score (nSPS) is 11.7. The zero-order valence-electron chi connectivity index (χ0n) is 16.4. The third-order valence-corrected chi connectivity index (χ3v) is 4.56. The zero-order valence-corrected chi connectivity index (χ0v) is 16.4. The second-order valence-corrected chi connectivity index (χ2v) is 6.77. The highest BCUT2D eigenvalue weighted by Gasteiger charge is 2.20. The van der Waals surface area contributed by atoms with E-state index in [0.29, 0.717) is 23.1 Å². The lowest BCUT2D eigenvalue weighted by Gasteiger charge is -2.15. The van der Waals surface area contributed by atoms with E-state index in [1.54, 1.807) is 24.3 Å². The molecule has 3 amide bonds. The maximum atomic E-state index is 12.1. The average Bonchev–Trinajstić information content (AvgIpc) is 2.74. The van der Waals surface area contributed by atoms with Crippen molar-refractivity contribution < 1.29 is 28.6 Å². The van der Waals surface area contributed by atoms with Crippen molar-refractivity contribution in [3.63, 3.8) is 0 Å². The number of ether oxygens (including phenoxy) is 1. The van der Waals surface area contributed by atoms with Gasteiger partial charge in [0.15, 0.2) is 6.61 Å². The molecule has 1 heterocycles. The summed E-state index contributed by atoms with van der Waals surface area (Å²) >= 11 is 0. The molecule has 1 aromatic heterocycles. The SMILES string of the molecule is NC(=O)NCCC[C@H](NC(=O)COc1ccc2c(c1)oc(=O)c1ccccc12)C(=O)O. The Bertz CT molecular complexity index is 1190. The van der Waals surface area contributed by atoms with E-state index in [1.807, 2.05) is 12.1 Å². The van der Waals surface area contributed by atoms with Gasteiger partial charge in [-0.15, -0.1) is 0 Å². The Kier molecular flexibility index (Phi) is 6.71. The van der Waals surface area contributed by atoms with E-state index in [0.717, 1.165) is 10.8 Å². The molecular formula is C21H21N3O7. The van der Waals surface area contributed by atoms with E-state index in [2.05, 4.69) is 10.6 Å². The van der Waals surface area contributed by atoms with Crippen LogP contribution in [0.5, 0.6) is 5.75 Å². The third kappa shape index (κ3) is 5.50. The number of aliphatic carboxylic acids is 1. The van der Waals surface area contributed by atoms with Crippen LogP contribution in [0, 0.1) is 0 Å². The van der Waals surface area contributed by atoms with Crippen molar-refractivity contribution in [3.05, 3.63) is 52.9 Å². The molecule has 31 heavy (non-hydrogen) atoms. The van der Waals surface area contributed by atoms with Gasteiger partial charge in [0.2, 0.25) is 0 Å². The Balaban J connectivity index is 1.62. The van der Waals surface area contributed by atoms with Gasteiger partial charge in [-0.2, -0.15) is 0 Å². The highest BCUT2D eigenvalue weighted by molar-refractivity contribution is 6.04. The number of carboxylic acids is 1. The second kappa shape index (κ2) is 9.61. The number of rotatable bonds is 9. The van der Waals surface area contributed by atoms with Crippen LogP contribution >= 0.6 is 0 Å². The number of fused-ring (bicyclic) bond motifs is 3. The van der Waals surface area contributed by atoms with E-state index in [4.69, 9.17) is 14.9 Å². The number of nitrogens with one attached hydrogen (secondary N) is 2. The fourth-order valence-electron chi connectivity index (χ4n) is 3.11. The molecule has 0 radical (unpaired) electrons. The topological polar surface area (TPSA) is 161 Å². The number of amides is 3. The standard InChI is InChI=1S/C21H21N3O7/c22-21(29)23-9-3-6-16(19(26)27)24-18(25)11-30-12-7-8-14-13-4-1-2-5-15(13)20(28)31-17(14)10-12/h1-2,4-5,7-8,10,16H,3,6,9,11H2,(H,24,25)(H,26,27)(H3,22,23,29)/t16-/m0/s1. The molecular weight excluding hydrogens is 406 g/mol. The first-order chi connectivity index (χ1) is 14.8. The molecule has 3 rings (SSSR count). The number of primary amides is 1. The number of carboxylic acid groups (broad SMARTS) is 1. The minimum Gasteiger partial charge on any atom is -0.484 e. The lowest BCUT2D eigenvalue weighted by atomic mass is 10.1. The Morgan fingerprint density at radius 1 is 1.10 bits per heavy atom. The van der Waals surface area contributed by atoms with Gasteiger partial charge in [-0.05, 0) is 36.4 Å². The van der Waals surface area contributed by atoms with E-state index in [1.165, 1.54) is 6.07 Å². The first-order valence-corrected chi connectivity index (χ1v) is 9.49. The molecule has 10 nitrogen and oxygen atoms in total. The first kappa shape index (κ1) is 21.6. The fraction of sp³-hybridized carbons (Fsp3) is 0.238. The van der Waals surface area contributed by atoms with Crippen LogP contribution in [-0.2, 0) is 9.59 Å². The maximum Gasteiger partial charge on any atom is 0.344 e. The Labute approximate surface area is 176 Å². The molecule has 2 aromatic carbocycles. The first-order valence-electron chi connectivity index (χ1n) is 9.49. The summed E-state index contributed by atoms with van der Waals surface area (Å²) in [7, 11) is 0. The molecule has 162 valence electrons. The summed E-state index contributed by atoms with van der Waals surface area (Å²) in [6.07, 6.45) is 0.425. The van der Waals surface area contributed by atoms with Gasteiger partial charge in [0, 0.05) is 18.0 Å². The molecule has 10 heteroatoms.